The lowest BCUT2D eigenvalue weighted by atomic mass is 9.88. The number of thiophene rings is 2. The average molecular weight is 592 g/mol. The highest BCUT2D eigenvalue weighted by Gasteiger charge is 2.30. The molecule has 2 aromatic heterocycles. The van der Waals surface area contributed by atoms with Crippen LogP contribution in [-0.2, 0) is 31.8 Å². The second kappa shape index (κ2) is 13.7. The van der Waals surface area contributed by atoms with Gasteiger partial charge < -0.3 is 24.6 Å². The normalized spacial score (nSPS) is 15.3. The van der Waals surface area contributed by atoms with Crippen LogP contribution < -0.4 is 5.32 Å². The maximum absolute atomic E-state index is 13.3. The lowest BCUT2D eigenvalue weighted by Gasteiger charge is -2.18. The molecule has 0 radical (unpaired) electrons. The van der Waals surface area contributed by atoms with E-state index in [1.807, 2.05) is 0 Å². The molecule has 216 valence electrons. The molecule has 1 aliphatic rings. The van der Waals surface area contributed by atoms with E-state index in [1.54, 1.807) is 27.7 Å². The van der Waals surface area contributed by atoms with E-state index in [2.05, 4.69) is 22.5 Å². The number of amides is 1. The Balaban J connectivity index is 1.98. The van der Waals surface area contributed by atoms with Gasteiger partial charge >= 0.3 is 17.9 Å². The predicted molar refractivity (Wildman–Crippen MR) is 151 cm³/mol. The third-order valence-electron chi connectivity index (χ3n) is 6.09. The molecular formula is C27H33N3O8S2. The van der Waals surface area contributed by atoms with Gasteiger partial charge in [0.05, 0.1) is 25.4 Å². The number of anilines is 1. The zero-order chi connectivity index (χ0) is 29.6. The van der Waals surface area contributed by atoms with Crippen molar-refractivity contribution in [3.05, 3.63) is 43.5 Å². The summed E-state index contributed by atoms with van der Waals surface area (Å²) in [7, 11) is 0. The van der Waals surface area contributed by atoms with E-state index in [4.69, 9.17) is 14.2 Å². The van der Waals surface area contributed by atoms with Gasteiger partial charge in [-0.3, -0.25) is 4.79 Å². The van der Waals surface area contributed by atoms with Crippen LogP contribution in [0.5, 0.6) is 0 Å². The zero-order valence-corrected chi connectivity index (χ0v) is 25.0. The standard InChI is InChI=1S/C27H33N3O8S2/c1-7-36-25(33)18-14(5)21(27(35)38-9-3)40-24(18)30-29-20(15(6)31)22(32)28-23-19(26(34)37-8-2)16-11-10-13(4)12-17(16)39-23/h13,31H,7-12H2,1-6H3,(H,28,32)/b20-15+,30-29?. The summed E-state index contributed by atoms with van der Waals surface area (Å²) in [5, 5.41) is 21.3. The van der Waals surface area contributed by atoms with Crippen molar-refractivity contribution in [2.24, 2.45) is 16.1 Å². The highest BCUT2D eigenvalue weighted by atomic mass is 32.1. The van der Waals surface area contributed by atoms with Gasteiger partial charge in [-0.2, -0.15) is 0 Å². The molecule has 13 heteroatoms. The number of carbonyl (C=O) groups excluding carboxylic acids is 4. The molecule has 0 spiro atoms. The molecular weight excluding hydrogens is 558 g/mol. The number of fused-ring (bicyclic) bond motifs is 1. The summed E-state index contributed by atoms with van der Waals surface area (Å²) < 4.78 is 15.4. The summed E-state index contributed by atoms with van der Waals surface area (Å²) in [4.78, 5) is 52.3. The number of allylic oxidation sites excluding steroid dienone is 1. The number of nitrogens with one attached hydrogen (secondary N) is 1. The first-order valence-corrected chi connectivity index (χ1v) is 14.6. The van der Waals surface area contributed by atoms with Crippen LogP contribution in [0.1, 0.15) is 87.4 Å². The van der Waals surface area contributed by atoms with Crippen LogP contribution in [0.2, 0.25) is 0 Å². The minimum absolute atomic E-state index is 0.0124. The number of aliphatic hydroxyl groups excluding tert-OH is 1. The number of hydrogen-bond donors (Lipinski definition) is 2. The largest absolute Gasteiger partial charge is 0.510 e. The lowest BCUT2D eigenvalue weighted by Crippen LogP contribution is -2.18. The smallest absolute Gasteiger partial charge is 0.348 e. The molecule has 0 saturated heterocycles. The van der Waals surface area contributed by atoms with E-state index in [0.29, 0.717) is 28.5 Å². The van der Waals surface area contributed by atoms with Crippen molar-refractivity contribution in [3.63, 3.8) is 0 Å². The number of hydrogen-bond acceptors (Lipinski definition) is 12. The molecule has 1 atom stereocenters. The van der Waals surface area contributed by atoms with Gasteiger partial charge in [0.25, 0.3) is 5.91 Å². The van der Waals surface area contributed by atoms with Crippen molar-refractivity contribution >= 4 is 56.5 Å². The Morgan fingerprint density at radius 2 is 1.57 bits per heavy atom. The molecule has 11 nitrogen and oxygen atoms in total. The SMILES string of the molecule is CCOC(=O)c1sc(N=N/C(C(=O)Nc2sc3c(c2C(=O)OCC)CCC(C)C3)=C(\C)O)c(C(=O)OCC)c1C. The van der Waals surface area contributed by atoms with E-state index in [0.717, 1.165) is 34.6 Å². The van der Waals surface area contributed by atoms with Crippen molar-refractivity contribution in [3.8, 4) is 0 Å². The molecule has 3 rings (SSSR count). The minimum atomic E-state index is -0.808. The van der Waals surface area contributed by atoms with Crippen LogP contribution in [0.4, 0.5) is 10.0 Å². The molecule has 2 aromatic rings. The monoisotopic (exact) mass is 591 g/mol. The van der Waals surface area contributed by atoms with Crippen molar-refractivity contribution in [2.75, 3.05) is 25.1 Å². The first kappa shape index (κ1) is 31.0. The summed E-state index contributed by atoms with van der Waals surface area (Å²) in [6.45, 7) is 10.4. The van der Waals surface area contributed by atoms with Gasteiger partial charge in [0, 0.05) is 4.88 Å². The molecule has 0 aromatic carbocycles. The second-order valence-corrected chi connectivity index (χ2v) is 11.1. The van der Waals surface area contributed by atoms with E-state index < -0.39 is 35.3 Å². The Labute approximate surface area is 240 Å². The maximum Gasteiger partial charge on any atom is 0.348 e. The van der Waals surface area contributed by atoms with E-state index in [1.165, 1.54) is 18.3 Å². The third-order valence-corrected chi connectivity index (χ3v) is 8.41. The molecule has 0 aliphatic heterocycles. The fraction of sp³-hybridized carbons (Fsp3) is 0.481. The number of ether oxygens (including phenoxy) is 3. The van der Waals surface area contributed by atoms with E-state index in [-0.39, 0.29) is 35.3 Å². The van der Waals surface area contributed by atoms with Crippen LogP contribution in [-0.4, -0.2) is 48.7 Å². The third kappa shape index (κ3) is 6.76. The highest BCUT2D eigenvalue weighted by Crippen LogP contribution is 2.41. The molecule has 2 heterocycles. The number of azo groups is 1. The first-order valence-electron chi connectivity index (χ1n) is 13.0. The number of esters is 3. The fourth-order valence-electron chi connectivity index (χ4n) is 4.20. The quantitative estimate of drug-likeness (QED) is 0.108. The maximum atomic E-state index is 13.3. The predicted octanol–water partition coefficient (Wildman–Crippen LogP) is 6.28. The molecule has 40 heavy (non-hydrogen) atoms. The Kier molecular flexibility index (Phi) is 10.6. The molecule has 0 bridgehead atoms. The fourth-order valence-corrected chi connectivity index (χ4v) is 6.61. The Morgan fingerprint density at radius 1 is 0.975 bits per heavy atom. The summed E-state index contributed by atoms with van der Waals surface area (Å²) in [6, 6.07) is 0. The minimum Gasteiger partial charge on any atom is -0.510 e. The van der Waals surface area contributed by atoms with E-state index >= 15 is 0 Å². The van der Waals surface area contributed by atoms with Crippen LogP contribution in [0, 0.1) is 12.8 Å². The van der Waals surface area contributed by atoms with Crippen molar-refractivity contribution in [1.82, 2.24) is 0 Å². The Hall–Kier alpha value is -3.58. The van der Waals surface area contributed by atoms with Gasteiger partial charge in [0.15, 0.2) is 10.7 Å². The van der Waals surface area contributed by atoms with Crippen LogP contribution >= 0.6 is 22.7 Å². The molecule has 1 aliphatic carbocycles. The zero-order valence-electron chi connectivity index (χ0n) is 23.3. The van der Waals surface area contributed by atoms with Crippen molar-refractivity contribution in [1.29, 1.82) is 0 Å². The topological polar surface area (TPSA) is 153 Å². The number of rotatable bonds is 10. The van der Waals surface area contributed by atoms with Gasteiger partial charge in [0.2, 0.25) is 0 Å². The molecule has 1 amide bonds. The summed E-state index contributed by atoms with van der Waals surface area (Å²) in [5.41, 5.74) is 1.06. The summed E-state index contributed by atoms with van der Waals surface area (Å²) >= 11 is 2.15. The summed E-state index contributed by atoms with van der Waals surface area (Å²) in [6.07, 6.45) is 2.38. The Bertz CT molecular complexity index is 1370. The first-order chi connectivity index (χ1) is 19.0. The number of carbonyl (C=O) groups is 4. The van der Waals surface area contributed by atoms with Crippen molar-refractivity contribution in [2.45, 2.75) is 60.8 Å². The highest BCUT2D eigenvalue weighted by molar-refractivity contribution is 7.18. The summed E-state index contributed by atoms with van der Waals surface area (Å²) in [5.74, 6) is -2.68. The number of aliphatic hydroxyl groups is 1. The van der Waals surface area contributed by atoms with Crippen LogP contribution in [0.3, 0.4) is 0 Å². The van der Waals surface area contributed by atoms with Gasteiger partial charge in [-0.25, -0.2) is 14.4 Å². The van der Waals surface area contributed by atoms with Crippen LogP contribution in [0.25, 0.3) is 0 Å². The van der Waals surface area contributed by atoms with Crippen LogP contribution in [0.15, 0.2) is 21.7 Å². The molecule has 2 N–H and O–H groups in total. The molecule has 0 saturated carbocycles. The van der Waals surface area contributed by atoms with E-state index in [9.17, 15) is 24.3 Å². The van der Waals surface area contributed by atoms with Gasteiger partial charge in [0.1, 0.15) is 21.2 Å². The second-order valence-electron chi connectivity index (χ2n) is 9.04. The van der Waals surface area contributed by atoms with Gasteiger partial charge in [-0.05, 0) is 70.9 Å². The van der Waals surface area contributed by atoms with Crippen molar-refractivity contribution < 1.29 is 38.5 Å². The average Bonchev–Trinajstić information content (AvgIpc) is 3.40. The Morgan fingerprint density at radius 3 is 2.17 bits per heavy atom. The molecule has 0 fully saturated rings. The molecule has 1 unspecified atom stereocenters. The lowest BCUT2D eigenvalue weighted by molar-refractivity contribution is -0.113. The van der Waals surface area contributed by atoms with Gasteiger partial charge in [-0.1, -0.05) is 6.92 Å². The number of nitrogens with zero attached hydrogens (tertiary/aromatic N) is 2. The van der Waals surface area contributed by atoms with Gasteiger partial charge in [-0.15, -0.1) is 32.9 Å².